The van der Waals surface area contributed by atoms with Gasteiger partial charge in [-0.3, -0.25) is 24.1 Å². The number of benzene rings is 3. The Kier molecular flexibility index (Phi) is 16.3. The highest BCUT2D eigenvalue weighted by molar-refractivity contribution is 6.24. The smallest absolute Gasteiger partial charge is 0.263 e. The van der Waals surface area contributed by atoms with Crippen molar-refractivity contribution in [3.05, 3.63) is 77.4 Å². The van der Waals surface area contributed by atoms with E-state index >= 15 is 0 Å². The van der Waals surface area contributed by atoms with E-state index in [4.69, 9.17) is 35.2 Å². The van der Waals surface area contributed by atoms with Crippen LogP contribution in [-0.4, -0.2) is 116 Å². The van der Waals surface area contributed by atoms with Gasteiger partial charge < -0.3 is 50.3 Å². The zero-order chi connectivity index (χ0) is 42.1. The minimum absolute atomic E-state index is 0.0370. The molecule has 2 aliphatic rings. The number of fused-ring (bicyclic) bond motifs is 2. The molecule has 1 fully saturated rings. The third kappa shape index (κ3) is 11.2. The van der Waals surface area contributed by atoms with Gasteiger partial charge in [-0.1, -0.05) is 23.4 Å². The fourth-order valence-electron chi connectivity index (χ4n) is 6.81. The molecule has 18 heteroatoms. The lowest BCUT2D eigenvalue weighted by molar-refractivity contribution is -0.134. The van der Waals surface area contributed by atoms with Crippen molar-refractivity contribution < 1.29 is 42.7 Å². The number of carbonyl (C=O) groups is 5. The van der Waals surface area contributed by atoms with Crippen LogP contribution >= 0.6 is 0 Å². The molecular weight excluding hydrogens is 763 g/mol. The van der Waals surface area contributed by atoms with Crippen molar-refractivity contribution in [1.29, 1.82) is 0 Å². The topological polar surface area (TPSA) is 246 Å². The second kappa shape index (κ2) is 22.0. The van der Waals surface area contributed by atoms with Gasteiger partial charge in [0.15, 0.2) is 11.6 Å². The average molecular weight is 814 g/mol. The number of amidine groups is 1. The normalized spacial score (nSPS) is 14.7. The van der Waals surface area contributed by atoms with Crippen LogP contribution < -0.4 is 32.5 Å². The molecule has 1 unspecified atom stereocenters. The maximum absolute atomic E-state index is 13.1. The molecule has 1 saturated heterocycles. The van der Waals surface area contributed by atoms with E-state index in [2.05, 4.69) is 26.3 Å². The Bertz CT molecular complexity index is 2100. The molecule has 0 bridgehead atoms. The largest absolute Gasteiger partial charge is 0.490 e. The molecule has 59 heavy (non-hydrogen) atoms. The molecule has 3 heterocycles. The average Bonchev–Trinajstić information content (AvgIpc) is 3.80. The van der Waals surface area contributed by atoms with E-state index in [9.17, 15) is 19.2 Å². The standard InChI is InChI=1S/C39H46N8O8.C2H5NO/c1-25(5-4-18-48)47-38(50)30-8-3-9-33(35(30)39(47)51)42-15-20-53-22-21-52-19-14-34(49)46-16-12-28(13-17-46)54-29-7-2-6-26(23-29)36-31-24-27(37(43-40)44-41)10-11-32(31)45-55-36;1-3-2-4/h2-3,6-11,18,23-25,28,42H,4-5,12-17,19-22,40-41H2,1H3,(H,43,44);2H,1H3,(H,3,4). The second-order valence-electron chi connectivity index (χ2n) is 13.7. The van der Waals surface area contributed by atoms with Crippen LogP contribution in [0.2, 0.25) is 0 Å². The number of hydrogen-bond donors (Lipinski definition) is 5. The maximum atomic E-state index is 13.1. The summed E-state index contributed by atoms with van der Waals surface area (Å²) in [7, 11) is 1.56. The van der Waals surface area contributed by atoms with E-state index < -0.39 is 0 Å². The van der Waals surface area contributed by atoms with Gasteiger partial charge in [0.1, 0.15) is 23.7 Å². The van der Waals surface area contributed by atoms with Gasteiger partial charge in [-0.25, -0.2) is 5.84 Å². The first kappa shape index (κ1) is 43.7. The number of ether oxygens (including phenoxy) is 3. The highest BCUT2D eigenvalue weighted by atomic mass is 16.5. The summed E-state index contributed by atoms with van der Waals surface area (Å²) in [5.74, 6) is 11.9. The molecule has 18 nitrogen and oxygen atoms in total. The van der Waals surface area contributed by atoms with Crippen LogP contribution in [0.3, 0.4) is 0 Å². The summed E-state index contributed by atoms with van der Waals surface area (Å²) < 4.78 is 23.3. The van der Waals surface area contributed by atoms with Crippen molar-refractivity contribution in [1.82, 2.24) is 25.7 Å². The molecule has 4 aromatic rings. The number of nitrogens with one attached hydrogen (secondary N) is 3. The number of piperidine rings is 1. The fraction of sp³-hybridized carbons (Fsp3) is 0.390. The molecule has 0 saturated carbocycles. The quantitative estimate of drug-likeness (QED) is 0.0174. The predicted molar refractivity (Wildman–Crippen MR) is 219 cm³/mol. The third-order valence-corrected chi connectivity index (χ3v) is 9.81. The molecular formula is C41H51N9O9. The van der Waals surface area contributed by atoms with Crippen LogP contribution in [0.4, 0.5) is 5.69 Å². The van der Waals surface area contributed by atoms with Crippen LogP contribution in [0.5, 0.6) is 5.75 Å². The number of aldehydes is 1. The molecule has 314 valence electrons. The van der Waals surface area contributed by atoms with Gasteiger partial charge in [-0.05, 0) is 55.8 Å². The number of nitrogens with zero attached hydrogens (tertiary/aromatic N) is 4. The summed E-state index contributed by atoms with van der Waals surface area (Å²) in [6.45, 7) is 4.69. The lowest BCUT2D eigenvalue weighted by Gasteiger charge is -2.32. The minimum Gasteiger partial charge on any atom is -0.490 e. The Morgan fingerprint density at radius 1 is 1.02 bits per heavy atom. The van der Waals surface area contributed by atoms with Crippen LogP contribution in [0.15, 0.2) is 70.3 Å². The first-order valence-electron chi connectivity index (χ1n) is 19.4. The lowest BCUT2D eigenvalue weighted by atomic mass is 10.0. The summed E-state index contributed by atoms with van der Waals surface area (Å²) in [5, 5.41) is 14.1. The summed E-state index contributed by atoms with van der Waals surface area (Å²) in [6, 6.07) is 17.8. The Morgan fingerprint density at radius 3 is 2.47 bits per heavy atom. The van der Waals surface area contributed by atoms with E-state index in [1.807, 2.05) is 41.3 Å². The van der Waals surface area contributed by atoms with Gasteiger partial charge in [0.2, 0.25) is 12.3 Å². The van der Waals surface area contributed by atoms with Crippen LogP contribution in [0, 0.1) is 0 Å². The number of likely N-dealkylation sites (tertiary alicyclic amines) is 1. The summed E-state index contributed by atoms with van der Waals surface area (Å²) in [6.07, 6.45) is 3.75. The number of nitrogens with two attached hydrogens (primary N) is 2. The van der Waals surface area contributed by atoms with Crippen LogP contribution in [0.25, 0.3) is 22.2 Å². The van der Waals surface area contributed by atoms with Crippen LogP contribution in [-0.2, 0) is 23.9 Å². The van der Waals surface area contributed by atoms with Gasteiger partial charge in [-0.15, -0.1) is 0 Å². The molecule has 6 rings (SSSR count). The predicted octanol–water partition coefficient (Wildman–Crippen LogP) is 2.81. The maximum Gasteiger partial charge on any atom is 0.263 e. The number of aromatic nitrogens is 1. The lowest BCUT2D eigenvalue weighted by Crippen LogP contribution is -2.42. The van der Waals surface area contributed by atoms with E-state index in [1.165, 1.54) is 4.90 Å². The Hall–Kier alpha value is -6.37. The van der Waals surface area contributed by atoms with Gasteiger partial charge in [-0.2, -0.15) is 5.10 Å². The number of hydrazine groups is 1. The van der Waals surface area contributed by atoms with E-state index in [-0.39, 0.29) is 42.7 Å². The first-order valence-corrected chi connectivity index (χ1v) is 19.4. The van der Waals surface area contributed by atoms with Crippen molar-refractivity contribution in [3.63, 3.8) is 0 Å². The van der Waals surface area contributed by atoms with Gasteiger partial charge >= 0.3 is 0 Å². The van der Waals surface area contributed by atoms with E-state index in [1.54, 1.807) is 38.2 Å². The molecule has 2 aliphatic heterocycles. The molecule has 1 atom stereocenters. The van der Waals surface area contributed by atoms with Crippen LogP contribution in [0.1, 0.15) is 65.3 Å². The highest BCUT2D eigenvalue weighted by Crippen LogP contribution is 2.33. The zero-order valence-corrected chi connectivity index (χ0v) is 33.2. The highest BCUT2D eigenvalue weighted by Gasteiger charge is 2.39. The van der Waals surface area contributed by atoms with Gasteiger partial charge in [0, 0.05) is 68.8 Å². The molecule has 7 N–H and O–H groups in total. The monoisotopic (exact) mass is 813 g/mol. The van der Waals surface area contributed by atoms with Crippen molar-refractivity contribution >= 4 is 52.8 Å². The molecule has 0 radical (unpaired) electrons. The molecule has 1 aromatic heterocycles. The van der Waals surface area contributed by atoms with Crippen molar-refractivity contribution in [2.75, 3.05) is 58.4 Å². The van der Waals surface area contributed by atoms with Gasteiger partial charge in [0.05, 0.1) is 49.4 Å². The number of anilines is 1. The fourth-order valence-corrected chi connectivity index (χ4v) is 6.81. The molecule has 3 aromatic carbocycles. The SMILES string of the molecule is CC(CCC=O)N1C(=O)c2cccc(NCCOCCOCCC(=O)N3CCC(Oc4cccc(-c5onc6ccc(/C(=N/N)NN)cc56)c4)CC3)c2C1=O.CNC=O. The first-order chi connectivity index (χ1) is 28.7. The van der Waals surface area contributed by atoms with Gasteiger partial charge in [0.25, 0.3) is 11.8 Å². The number of imide groups is 1. The Morgan fingerprint density at radius 2 is 1.76 bits per heavy atom. The molecule has 0 aliphatic carbocycles. The summed E-state index contributed by atoms with van der Waals surface area (Å²) >= 11 is 0. The number of hydrazone groups is 1. The second-order valence-corrected chi connectivity index (χ2v) is 13.7. The van der Waals surface area contributed by atoms with E-state index in [0.29, 0.717) is 117 Å². The third-order valence-electron chi connectivity index (χ3n) is 9.81. The van der Waals surface area contributed by atoms with Crippen molar-refractivity contribution in [2.45, 2.75) is 51.2 Å². The summed E-state index contributed by atoms with van der Waals surface area (Å²) in [4.78, 5) is 61.7. The van der Waals surface area contributed by atoms with Crippen molar-refractivity contribution in [2.24, 2.45) is 16.8 Å². The summed E-state index contributed by atoms with van der Waals surface area (Å²) in [5.41, 5.74) is 5.92. The number of hydrogen-bond acceptors (Lipinski definition) is 14. The molecule has 4 amide bonds. The Balaban J connectivity index is 0.00000158. The number of rotatable bonds is 19. The number of carbonyl (C=O) groups excluding carboxylic acids is 5. The zero-order valence-electron chi connectivity index (χ0n) is 33.2. The number of amides is 4. The molecule has 0 spiro atoms. The minimum atomic E-state index is -0.376. The van der Waals surface area contributed by atoms with E-state index in [0.717, 1.165) is 17.2 Å². The van der Waals surface area contributed by atoms with Crippen molar-refractivity contribution in [3.8, 4) is 17.1 Å². The Labute approximate surface area is 341 Å².